The molecule has 1 aliphatic carbocycles. The van der Waals surface area contributed by atoms with E-state index in [9.17, 15) is 0 Å². The summed E-state index contributed by atoms with van der Waals surface area (Å²) in [7, 11) is 0. The van der Waals surface area contributed by atoms with E-state index in [1.807, 2.05) is 24.3 Å². The molecule has 104 valence electrons. The molecule has 2 aromatic rings. The quantitative estimate of drug-likeness (QED) is 0.753. The largest absolute Gasteiger partial charge is 0.373 e. The summed E-state index contributed by atoms with van der Waals surface area (Å²) in [6.45, 7) is 0.671. The zero-order valence-electron chi connectivity index (χ0n) is 10.9. The second kappa shape index (κ2) is 6.13. The van der Waals surface area contributed by atoms with Gasteiger partial charge in [0.2, 0.25) is 0 Å². The van der Waals surface area contributed by atoms with Crippen molar-refractivity contribution in [3.8, 4) is 0 Å². The molecule has 1 aromatic carbocycles. The van der Waals surface area contributed by atoms with E-state index in [4.69, 9.17) is 27.9 Å². The van der Waals surface area contributed by atoms with E-state index in [2.05, 4.69) is 17.1 Å². The van der Waals surface area contributed by atoms with Gasteiger partial charge in [-0.05, 0) is 36.0 Å². The summed E-state index contributed by atoms with van der Waals surface area (Å²) in [5.41, 5.74) is 2.29. The Balaban J connectivity index is 1.51. The lowest BCUT2D eigenvalue weighted by atomic mass is 9.78. The molecule has 0 N–H and O–H groups in total. The fraction of sp³-hybridized carbons (Fsp3) is 0.312. The van der Waals surface area contributed by atoms with Crippen LogP contribution in [0.3, 0.4) is 0 Å². The molecule has 1 heterocycles. The zero-order chi connectivity index (χ0) is 13.9. The fourth-order valence-corrected chi connectivity index (χ4v) is 2.97. The third-order valence-corrected chi connectivity index (χ3v) is 4.22. The maximum atomic E-state index is 6.12. The van der Waals surface area contributed by atoms with E-state index in [1.165, 1.54) is 5.56 Å². The van der Waals surface area contributed by atoms with Crippen molar-refractivity contribution in [3.05, 3.63) is 63.9 Å². The molecular weight excluding hydrogens is 293 g/mol. The maximum Gasteiger partial charge on any atom is 0.134 e. The van der Waals surface area contributed by atoms with Gasteiger partial charge in [0, 0.05) is 0 Å². The minimum atomic E-state index is 0.312. The van der Waals surface area contributed by atoms with Crippen LogP contribution in [0.5, 0.6) is 0 Å². The first kappa shape index (κ1) is 13.9. The van der Waals surface area contributed by atoms with Gasteiger partial charge in [-0.15, -0.1) is 0 Å². The molecule has 0 radical (unpaired) electrons. The minimum Gasteiger partial charge on any atom is -0.373 e. The molecular formula is C16H15Cl2NO. The third kappa shape index (κ3) is 3.14. The summed E-state index contributed by atoms with van der Waals surface area (Å²) in [5, 5.41) is 0.957. The van der Waals surface area contributed by atoms with Crippen LogP contribution in [0.1, 0.15) is 29.9 Å². The molecule has 1 aromatic heterocycles. The highest BCUT2D eigenvalue weighted by atomic mass is 35.5. The van der Waals surface area contributed by atoms with Crippen LogP contribution in [-0.2, 0) is 11.3 Å². The average molecular weight is 308 g/mol. The number of nitrogens with zero attached hydrogens (tertiary/aromatic N) is 1. The van der Waals surface area contributed by atoms with E-state index in [0.29, 0.717) is 28.9 Å². The number of aromatic nitrogens is 1. The second-order valence-corrected chi connectivity index (χ2v) is 5.85. The Morgan fingerprint density at radius 1 is 1.05 bits per heavy atom. The predicted molar refractivity (Wildman–Crippen MR) is 81.3 cm³/mol. The molecule has 1 saturated carbocycles. The van der Waals surface area contributed by atoms with Gasteiger partial charge in [0.1, 0.15) is 10.3 Å². The van der Waals surface area contributed by atoms with Crippen molar-refractivity contribution in [3.63, 3.8) is 0 Å². The molecule has 0 bridgehead atoms. The maximum absolute atomic E-state index is 6.12. The Morgan fingerprint density at radius 3 is 2.50 bits per heavy atom. The Hall–Kier alpha value is -1.09. The molecule has 0 atom stereocenters. The van der Waals surface area contributed by atoms with E-state index < -0.39 is 0 Å². The van der Waals surface area contributed by atoms with Crippen molar-refractivity contribution in [2.45, 2.75) is 31.5 Å². The number of ether oxygens (including phenoxy) is 1. The summed E-state index contributed by atoms with van der Waals surface area (Å²) in [4.78, 5) is 4.09. The number of pyridine rings is 1. The zero-order valence-corrected chi connectivity index (χ0v) is 12.4. The Bertz CT molecular complexity index is 582. The SMILES string of the molecule is Clc1ccc(C2CC(OCc3ccccc3)C2)c(Cl)n1. The Labute approximate surface area is 128 Å². The van der Waals surface area contributed by atoms with Gasteiger partial charge >= 0.3 is 0 Å². The van der Waals surface area contributed by atoms with Crippen molar-refractivity contribution >= 4 is 23.2 Å². The van der Waals surface area contributed by atoms with Gasteiger partial charge in [0.25, 0.3) is 0 Å². The van der Waals surface area contributed by atoms with Crippen LogP contribution in [0.25, 0.3) is 0 Å². The summed E-state index contributed by atoms with van der Waals surface area (Å²) >= 11 is 11.9. The highest BCUT2D eigenvalue weighted by Crippen LogP contribution is 2.41. The molecule has 1 fully saturated rings. The molecule has 4 heteroatoms. The van der Waals surface area contributed by atoms with Gasteiger partial charge in [0.15, 0.2) is 0 Å². The molecule has 0 amide bonds. The van der Waals surface area contributed by atoms with Crippen molar-refractivity contribution in [2.24, 2.45) is 0 Å². The first-order chi connectivity index (χ1) is 9.72. The Morgan fingerprint density at radius 2 is 1.80 bits per heavy atom. The van der Waals surface area contributed by atoms with E-state index in [0.717, 1.165) is 18.4 Å². The molecule has 0 saturated heterocycles. The lowest BCUT2D eigenvalue weighted by Crippen LogP contribution is -2.29. The number of halogens is 2. The fourth-order valence-electron chi connectivity index (χ4n) is 2.47. The van der Waals surface area contributed by atoms with Gasteiger partial charge in [-0.25, -0.2) is 4.98 Å². The first-order valence-electron chi connectivity index (χ1n) is 6.70. The molecule has 0 unspecified atom stereocenters. The molecule has 20 heavy (non-hydrogen) atoms. The van der Waals surface area contributed by atoms with Crippen LogP contribution < -0.4 is 0 Å². The van der Waals surface area contributed by atoms with Gasteiger partial charge in [-0.1, -0.05) is 59.6 Å². The van der Waals surface area contributed by atoms with E-state index in [-0.39, 0.29) is 0 Å². The molecule has 3 rings (SSSR count). The standard InChI is InChI=1S/C16H15Cl2NO/c17-15-7-6-14(16(18)19-15)12-8-13(9-12)20-10-11-4-2-1-3-5-11/h1-7,12-13H,8-10H2. The van der Waals surface area contributed by atoms with Crippen LogP contribution in [-0.4, -0.2) is 11.1 Å². The number of hydrogen-bond donors (Lipinski definition) is 0. The number of benzene rings is 1. The van der Waals surface area contributed by atoms with Crippen LogP contribution in [0.2, 0.25) is 10.3 Å². The van der Waals surface area contributed by atoms with Crippen LogP contribution in [0.15, 0.2) is 42.5 Å². The summed E-state index contributed by atoms with van der Waals surface area (Å²) < 4.78 is 5.89. The van der Waals surface area contributed by atoms with E-state index >= 15 is 0 Å². The lowest BCUT2D eigenvalue weighted by molar-refractivity contribution is -0.0207. The normalized spacial score (nSPS) is 21.5. The highest BCUT2D eigenvalue weighted by Gasteiger charge is 2.32. The number of hydrogen-bond acceptors (Lipinski definition) is 2. The summed E-state index contributed by atoms with van der Waals surface area (Å²) in [5.74, 6) is 0.438. The second-order valence-electron chi connectivity index (χ2n) is 5.10. The smallest absolute Gasteiger partial charge is 0.134 e. The third-order valence-electron chi connectivity index (χ3n) is 3.71. The Kier molecular flexibility index (Phi) is 4.25. The molecule has 0 aliphatic heterocycles. The average Bonchev–Trinajstić information content (AvgIpc) is 2.40. The van der Waals surface area contributed by atoms with Gasteiger partial charge < -0.3 is 4.74 Å². The predicted octanol–water partition coefficient (Wildman–Crippen LogP) is 4.85. The van der Waals surface area contributed by atoms with Gasteiger partial charge in [-0.3, -0.25) is 0 Å². The number of rotatable bonds is 4. The molecule has 0 spiro atoms. The summed E-state index contributed by atoms with van der Waals surface area (Å²) in [6, 6.07) is 14.0. The topological polar surface area (TPSA) is 22.1 Å². The highest BCUT2D eigenvalue weighted by molar-refractivity contribution is 6.32. The van der Waals surface area contributed by atoms with E-state index in [1.54, 1.807) is 6.07 Å². The van der Waals surface area contributed by atoms with Crippen LogP contribution in [0.4, 0.5) is 0 Å². The molecule has 2 nitrogen and oxygen atoms in total. The van der Waals surface area contributed by atoms with Crippen molar-refractivity contribution in [1.29, 1.82) is 0 Å². The van der Waals surface area contributed by atoms with Crippen molar-refractivity contribution in [1.82, 2.24) is 4.98 Å². The van der Waals surface area contributed by atoms with Gasteiger partial charge in [-0.2, -0.15) is 0 Å². The van der Waals surface area contributed by atoms with Crippen molar-refractivity contribution < 1.29 is 4.74 Å². The lowest BCUT2D eigenvalue weighted by Gasteiger charge is -2.35. The van der Waals surface area contributed by atoms with Crippen LogP contribution >= 0.6 is 23.2 Å². The summed E-state index contributed by atoms with van der Waals surface area (Å²) in [6.07, 6.45) is 2.30. The van der Waals surface area contributed by atoms with Crippen molar-refractivity contribution in [2.75, 3.05) is 0 Å². The first-order valence-corrected chi connectivity index (χ1v) is 7.45. The van der Waals surface area contributed by atoms with Crippen LogP contribution in [0, 0.1) is 0 Å². The van der Waals surface area contributed by atoms with Gasteiger partial charge in [0.05, 0.1) is 12.7 Å². The minimum absolute atomic E-state index is 0.312. The monoisotopic (exact) mass is 307 g/mol. The molecule has 1 aliphatic rings.